The summed E-state index contributed by atoms with van der Waals surface area (Å²) in [7, 11) is 0. The number of benzene rings is 1. The maximum absolute atomic E-state index is 12.8. The Labute approximate surface area is 702 Å². The Kier molecular flexibility index (Phi) is 64.5. The number of carboxylic acids is 1. The van der Waals surface area contributed by atoms with Crippen LogP contribution in [0, 0.1) is 142 Å². The van der Waals surface area contributed by atoms with E-state index in [1.165, 1.54) is 327 Å². The van der Waals surface area contributed by atoms with Gasteiger partial charge in [0.15, 0.2) is 0 Å². The minimum Gasteiger partial charge on any atom is -0.478 e. The Balaban J connectivity index is 5.40. The average Bonchev–Trinajstić information content (AvgIpc) is 0.844. The topological polar surface area (TPSA) is 37.3 Å². The molecule has 0 heterocycles. The third-order valence-corrected chi connectivity index (χ3v) is 32.6. The van der Waals surface area contributed by atoms with Gasteiger partial charge < -0.3 is 5.11 Å². The summed E-state index contributed by atoms with van der Waals surface area (Å²) in [6.45, 7) is 65.9. The lowest BCUT2D eigenvalue weighted by Gasteiger charge is -2.39. The molecule has 0 saturated carbocycles. The molecule has 1 aromatic rings. The van der Waals surface area contributed by atoms with E-state index >= 15 is 0 Å². The molecular formula is C109H210O2. The van der Waals surface area contributed by atoms with Crippen molar-refractivity contribution in [3.63, 3.8) is 0 Å². The van der Waals surface area contributed by atoms with Crippen molar-refractivity contribution in [3.05, 3.63) is 35.4 Å². The number of carbonyl (C=O) groups is 1. The van der Waals surface area contributed by atoms with Gasteiger partial charge in [-0.1, -0.05) is 359 Å². The predicted molar refractivity (Wildman–Crippen MR) is 503 cm³/mol. The Morgan fingerprint density at radius 3 is 0.477 bits per heavy atom. The lowest BCUT2D eigenvalue weighted by Crippen LogP contribution is -2.27. The fraction of sp³-hybridized carbons (Fsp3) is 0.936. The van der Waals surface area contributed by atoms with E-state index in [-0.39, 0.29) is 0 Å². The average molecular weight is 1550 g/mol. The first-order chi connectivity index (χ1) is 53.5. The largest absolute Gasteiger partial charge is 0.478 e. The zero-order chi connectivity index (χ0) is 83.1. The smallest absolute Gasteiger partial charge is 0.335 e. The van der Waals surface area contributed by atoms with Crippen LogP contribution in [0.4, 0.5) is 0 Å². The quantitative estimate of drug-likeness (QED) is 0.0706. The van der Waals surface area contributed by atoms with Crippen molar-refractivity contribution in [2.75, 3.05) is 0 Å². The second-order valence-corrected chi connectivity index (χ2v) is 40.1. The summed E-state index contributed by atoms with van der Waals surface area (Å²) >= 11 is 0. The maximum atomic E-state index is 12.8. The van der Waals surface area contributed by atoms with E-state index in [1.54, 1.807) is 0 Å². The van der Waals surface area contributed by atoms with Crippen LogP contribution in [0.2, 0.25) is 0 Å². The van der Waals surface area contributed by atoms with Crippen molar-refractivity contribution < 1.29 is 9.90 Å². The number of hydrogen-bond donors (Lipinski definition) is 1. The summed E-state index contributed by atoms with van der Waals surface area (Å²) in [5.74, 6) is 18.5. The molecule has 0 aliphatic heterocycles. The Morgan fingerprint density at radius 1 is 0.189 bits per heavy atom. The van der Waals surface area contributed by atoms with Crippen molar-refractivity contribution in [3.8, 4) is 0 Å². The summed E-state index contributed by atoms with van der Waals surface area (Å²) in [5, 5.41) is 10.5. The lowest BCUT2D eigenvalue weighted by molar-refractivity contribution is 0.0696. The van der Waals surface area contributed by atoms with Crippen LogP contribution in [0.15, 0.2) is 24.3 Å². The molecule has 0 aromatic heterocycles. The Hall–Kier alpha value is -1.31. The van der Waals surface area contributed by atoms with Crippen LogP contribution in [0.3, 0.4) is 0 Å². The standard InChI is InChI=1S/C109H210O2/c1-27-53-93(50-24)69-94(51-25)70-100(68-92(48-22)49-23)76-103(75-99(66-90(44-18)45-19)67-91(46-20)47-21)79-105(81-106(52-26)107-54-56-108(57-55-107)109(110)111)80-104(77-101(71-95(58-82(28-2)29-3)59-83(30-4)31-5)72-96(60-84(32-6)33-7)61-85(34-8)35-9)78-102(73-97(62-86(36-10)37-11)63-87(38-12)39-13)74-98(64-88(40-14)41-15)65-89(42-16)43-17/h54-57,82-106H,27-53,58-81H2,1-26H3,(H,110,111). The van der Waals surface area contributed by atoms with E-state index in [1.807, 2.05) is 12.1 Å². The third-order valence-electron chi connectivity index (χ3n) is 32.6. The van der Waals surface area contributed by atoms with Crippen molar-refractivity contribution in [1.29, 1.82) is 0 Å². The van der Waals surface area contributed by atoms with Crippen LogP contribution in [0.5, 0.6) is 0 Å². The lowest BCUT2D eigenvalue weighted by atomic mass is 9.66. The van der Waals surface area contributed by atoms with Gasteiger partial charge in [0.2, 0.25) is 0 Å². The molecule has 0 amide bonds. The molecule has 0 saturated heterocycles. The molecule has 0 radical (unpaired) electrons. The molecule has 2 nitrogen and oxygen atoms in total. The van der Waals surface area contributed by atoms with Gasteiger partial charge in [0, 0.05) is 0 Å². The summed E-state index contributed by atoms with van der Waals surface area (Å²) in [5.41, 5.74) is 1.84. The monoisotopic (exact) mass is 1550 g/mol. The van der Waals surface area contributed by atoms with E-state index in [2.05, 4.69) is 192 Å². The highest BCUT2D eigenvalue weighted by Crippen LogP contribution is 2.49. The number of carboxylic acid groups (broad SMARTS) is 1. The molecule has 0 aliphatic carbocycles. The molecule has 2 heteroatoms. The molecule has 111 heavy (non-hydrogen) atoms. The molecular weight excluding hydrogens is 1340 g/mol. The van der Waals surface area contributed by atoms with Crippen molar-refractivity contribution in [2.45, 2.75) is 513 Å². The van der Waals surface area contributed by atoms with Crippen LogP contribution >= 0.6 is 0 Å². The van der Waals surface area contributed by atoms with Crippen molar-refractivity contribution in [1.82, 2.24) is 0 Å². The summed E-state index contributed by atoms with van der Waals surface area (Å²) < 4.78 is 0. The van der Waals surface area contributed by atoms with Crippen molar-refractivity contribution in [2.24, 2.45) is 142 Å². The molecule has 0 fully saturated rings. The van der Waals surface area contributed by atoms with Gasteiger partial charge in [0.1, 0.15) is 0 Å². The first-order valence-corrected chi connectivity index (χ1v) is 51.9. The maximum Gasteiger partial charge on any atom is 0.335 e. The Morgan fingerprint density at radius 2 is 0.333 bits per heavy atom. The number of aromatic carboxylic acids is 1. The Bertz CT molecular complexity index is 1950. The van der Waals surface area contributed by atoms with Crippen LogP contribution in [0.25, 0.3) is 0 Å². The summed E-state index contributed by atoms with van der Waals surface area (Å²) in [4.78, 5) is 12.8. The number of hydrogen-bond acceptors (Lipinski definition) is 1. The van der Waals surface area contributed by atoms with Gasteiger partial charge in [-0.3, -0.25) is 0 Å². The minimum absolute atomic E-state index is 0.410. The van der Waals surface area contributed by atoms with E-state index in [0.717, 1.165) is 131 Å². The van der Waals surface area contributed by atoms with E-state index in [0.29, 0.717) is 29.2 Å². The van der Waals surface area contributed by atoms with Crippen LogP contribution < -0.4 is 0 Å². The van der Waals surface area contributed by atoms with Crippen LogP contribution in [-0.2, 0) is 0 Å². The molecule has 1 aromatic carbocycles. The highest BCUT2D eigenvalue weighted by molar-refractivity contribution is 5.87. The molecule has 658 valence electrons. The molecule has 0 spiro atoms. The predicted octanol–water partition coefficient (Wildman–Crippen LogP) is 37.7. The summed E-state index contributed by atoms with van der Waals surface area (Å²) in [6, 6.07) is 8.53. The van der Waals surface area contributed by atoms with Gasteiger partial charge in [-0.15, -0.1) is 0 Å². The van der Waals surface area contributed by atoms with Gasteiger partial charge in [-0.05, 0) is 326 Å². The van der Waals surface area contributed by atoms with Gasteiger partial charge in [-0.25, -0.2) is 4.79 Å². The zero-order valence-corrected chi connectivity index (χ0v) is 81.2. The molecule has 0 aliphatic rings. The van der Waals surface area contributed by atoms with E-state index in [4.69, 9.17) is 0 Å². The number of rotatable bonds is 77. The molecule has 6 unspecified atom stereocenters. The first-order valence-electron chi connectivity index (χ1n) is 51.9. The second kappa shape index (κ2) is 66.5. The normalized spacial score (nSPS) is 14.6. The van der Waals surface area contributed by atoms with Crippen LogP contribution in [-0.4, -0.2) is 11.1 Å². The van der Waals surface area contributed by atoms with Crippen LogP contribution in [0.1, 0.15) is 529 Å². The van der Waals surface area contributed by atoms with E-state index in [9.17, 15) is 9.90 Å². The zero-order valence-electron chi connectivity index (χ0n) is 81.2. The highest BCUT2D eigenvalue weighted by Gasteiger charge is 2.37. The highest BCUT2D eigenvalue weighted by atomic mass is 16.4. The second-order valence-electron chi connectivity index (χ2n) is 40.1. The van der Waals surface area contributed by atoms with Crippen molar-refractivity contribution >= 4 is 5.97 Å². The SMILES string of the molecule is CCCC(CC)CC(CC)CC(CC(CC)CC)CC(CC(CC(CC)CC)CC(CC)CC)CC(CC(CC(CC(CC(CC)CC)CC(CC)CC)CC(CC(CC)CC)CC(CC)CC)CC(CC(CC(CC)CC)CC(CC)CC)CC(CC(CC)CC)CC(CC)CC)CC(CC)c1ccc(C(=O)O)cc1. The fourth-order valence-electron chi connectivity index (χ4n) is 24.0. The fourth-order valence-corrected chi connectivity index (χ4v) is 24.0. The minimum atomic E-state index is -0.796. The van der Waals surface area contributed by atoms with Gasteiger partial charge in [-0.2, -0.15) is 0 Å². The summed E-state index contributed by atoms with van der Waals surface area (Å²) in [6.07, 6.45) is 69.8. The molecule has 0 bridgehead atoms. The van der Waals surface area contributed by atoms with E-state index < -0.39 is 5.97 Å². The molecule has 1 rings (SSSR count). The first kappa shape index (κ1) is 108. The third kappa shape index (κ3) is 45.1. The van der Waals surface area contributed by atoms with Gasteiger partial charge in [0.25, 0.3) is 0 Å². The molecule has 6 atom stereocenters. The molecule has 1 N–H and O–H groups in total. The van der Waals surface area contributed by atoms with Gasteiger partial charge in [0.05, 0.1) is 5.56 Å². The van der Waals surface area contributed by atoms with Gasteiger partial charge >= 0.3 is 5.97 Å².